The van der Waals surface area contributed by atoms with Crippen LogP contribution in [0.2, 0.25) is 0 Å². The van der Waals surface area contributed by atoms with Gasteiger partial charge in [-0.15, -0.1) is 0 Å². The van der Waals surface area contributed by atoms with Crippen LogP contribution in [0.5, 0.6) is 0 Å². The zero-order valence-corrected chi connectivity index (χ0v) is 15.2. The summed E-state index contributed by atoms with van der Waals surface area (Å²) < 4.78 is 42.2. The highest BCUT2D eigenvalue weighted by atomic mass is 19.4. The fourth-order valence-corrected chi connectivity index (χ4v) is 3.12. The second-order valence-corrected chi connectivity index (χ2v) is 6.60. The molecule has 0 amide bonds. The first kappa shape index (κ1) is 18.7. The van der Waals surface area contributed by atoms with Gasteiger partial charge >= 0.3 is 12.1 Å². The molecule has 0 radical (unpaired) electrons. The van der Waals surface area contributed by atoms with Gasteiger partial charge in [0.2, 0.25) is 0 Å². The lowest BCUT2D eigenvalue weighted by molar-refractivity contribution is -0.137. The second kappa shape index (κ2) is 6.77. The standard InChI is InChI=1S/C20H15F3N4O2/c1-12-8-18(19(28)29)24-26(12)11-16-7-3-6-15-10-17(25-27(15)16)13-4-2-5-14(9-13)20(21,22)23/h2-10H,11H2,1H3,(H,28,29). The van der Waals surface area contributed by atoms with Gasteiger partial charge in [-0.25, -0.2) is 9.31 Å². The van der Waals surface area contributed by atoms with Crippen molar-refractivity contribution < 1.29 is 23.1 Å². The summed E-state index contributed by atoms with van der Waals surface area (Å²) in [6, 6.07) is 13.6. The second-order valence-electron chi connectivity index (χ2n) is 6.60. The highest BCUT2D eigenvalue weighted by Crippen LogP contribution is 2.32. The summed E-state index contributed by atoms with van der Waals surface area (Å²) in [7, 11) is 0. The van der Waals surface area contributed by atoms with Crippen molar-refractivity contribution in [2.24, 2.45) is 0 Å². The van der Waals surface area contributed by atoms with Gasteiger partial charge in [0.05, 0.1) is 29.0 Å². The zero-order valence-electron chi connectivity index (χ0n) is 15.2. The first-order chi connectivity index (χ1) is 13.7. The minimum Gasteiger partial charge on any atom is -0.476 e. The number of hydrogen-bond acceptors (Lipinski definition) is 3. The Labute approximate surface area is 162 Å². The monoisotopic (exact) mass is 400 g/mol. The molecule has 6 nitrogen and oxygen atoms in total. The van der Waals surface area contributed by atoms with Crippen molar-refractivity contribution in [1.82, 2.24) is 19.4 Å². The number of carboxylic acid groups (broad SMARTS) is 1. The lowest BCUT2D eigenvalue weighted by atomic mass is 10.1. The van der Waals surface area contributed by atoms with Gasteiger partial charge in [-0.05, 0) is 43.3 Å². The fourth-order valence-electron chi connectivity index (χ4n) is 3.12. The van der Waals surface area contributed by atoms with Crippen molar-refractivity contribution in [2.45, 2.75) is 19.6 Å². The first-order valence-corrected chi connectivity index (χ1v) is 8.65. The number of benzene rings is 1. The van der Waals surface area contributed by atoms with E-state index in [1.165, 1.54) is 12.1 Å². The summed E-state index contributed by atoms with van der Waals surface area (Å²) in [6.07, 6.45) is -4.43. The summed E-state index contributed by atoms with van der Waals surface area (Å²) in [5.74, 6) is -1.11. The molecule has 0 saturated carbocycles. The predicted molar refractivity (Wildman–Crippen MR) is 98.7 cm³/mol. The molecule has 3 heterocycles. The minimum absolute atomic E-state index is 0.0557. The molecule has 1 aromatic carbocycles. The van der Waals surface area contributed by atoms with Crippen molar-refractivity contribution in [3.63, 3.8) is 0 Å². The lowest BCUT2D eigenvalue weighted by Crippen LogP contribution is -2.09. The van der Waals surface area contributed by atoms with Gasteiger partial charge in [-0.2, -0.15) is 23.4 Å². The summed E-state index contributed by atoms with van der Waals surface area (Å²) in [5, 5.41) is 17.6. The Morgan fingerprint density at radius 3 is 2.52 bits per heavy atom. The van der Waals surface area contributed by atoms with Gasteiger partial charge in [0.1, 0.15) is 0 Å². The molecule has 0 atom stereocenters. The highest BCUT2D eigenvalue weighted by molar-refractivity contribution is 5.85. The van der Waals surface area contributed by atoms with E-state index in [1.807, 2.05) is 0 Å². The molecule has 0 fully saturated rings. The fraction of sp³-hybridized carbons (Fsp3) is 0.150. The third kappa shape index (κ3) is 3.58. The quantitative estimate of drug-likeness (QED) is 0.555. The van der Waals surface area contributed by atoms with Gasteiger partial charge in [0.15, 0.2) is 5.69 Å². The van der Waals surface area contributed by atoms with Crippen LogP contribution in [0.1, 0.15) is 27.4 Å². The third-order valence-corrected chi connectivity index (χ3v) is 4.56. The number of nitrogens with zero attached hydrogens (tertiary/aromatic N) is 4. The van der Waals surface area contributed by atoms with Gasteiger partial charge < -0.3 is 5.11 Å². The number of carbonyl (C=O) groups is 1. The minimum atomic E-state index is -4.43. The Kier molecular flexibility index (Phi) is 4.37. The van der Waals surface area contributed by atoms with Crippen LogP contribution in [0.3, 0.4) is 0 Å². The SMILES string of the molecule is Cc1cc(C(=O)O)nn1Cc1cccc2cc(-c3cccc(C(F)(F)F)c3)nn12. The maximum Gasteiger partial charge on any atom is 0.416 e. The summed E-state index contributed by atoms with van der Waals surface area (Å²) in [6.45, 7) is 2.01. The van der Waals surface area contributed by atoms with E-state index in [2.05, 4.69) is 10.2 Å². The number of aromatic nitrogens is 4. The number of fused-ring (bicyclic) bond motifs is 1. The van der Waals surface area contributed by atoms with Crippen LogP contribution in [0, 0.1) is 6.92 Å². The zero-order chi connectivity index (χ0) is 20.8. The van der Waals surface area contributed by atoms with Crippen LogP contribution in [0.4, 0.5) is 13.2 Å². The molecule has 0 aliphatic heterocycles. The highest BCUT2D eigenvalue weighted by Gasteiger charge is 2.30. The number of hydrogen-bond donors (Lipinski definition) is 1. The number of aryl methyl sites for hydroxylation is 1. The summed E-state index contributed by atoms with van der Waals surface area (Å²) >= 11 is 0. The smallest absolute Gasteiger partial charge is 0.416 e. The molecule has 0 spiro atoms. The van der Waals surface area contributed by atoms with Crippen LogP contribution in [0.25, 0.3) is 16.8 Å². The Bertz CT molecular complexity index is 1220. The van der Waals surface area contributed by atoms with E-state index in [4.69, 9.17) is 5.11 Å². The van der Waals surface area contributed by atoms with Crippen LogP contribution in [0.15, 0.2) is 54.6 Å². The average molecular weight is 400 g/mol. The lowest BCUT2D eigenvalue weighted by Gasteiger charge is -2.08. The molecule has 4 rings (SSSR count). The number of aromatic carboxylic acids is 1. The molecule has 9 heteroatoms. The van der Waals surface area contributed by atoms with Crippen LogP contribution >= 0.6 is 0 Å². The maximum atomic E-state index is 13.0. The number of alkyl halides is 3. The molecule has 0 bridgehead atoms. The number of carboxylic acids is 1. The number of halogens is 3. The Morgan fingerprint density at radius 1 is 1.07 bits per heavy atom. The van der Waals surface area contributed by atoms with E-state index >= 15 is 0 Å². The largest absolute Gasteiger partial charge is 0.476 e. The molecular weight excluding hydrogens is 385 g/mol. The molecule has 148 valence electrons. The maximum absolute atomic E-state index is 13.0. The molecule has 0 aliphatic rings. The molecule has 0 unspecified atom stereocenters. The average Bonchev–Trinajstić information content (AvgIpc) is 3.26. The van der Waals surface area contributed by atoms with E-state index in [1.54, 1.807) is 46.5 Å². The van der Waals surface area contributed by atoms with Gasteiger partial charge in [0.25, 0.3) is 0 Å². The van der Waals surface area contributed by atoms with Crippen LogP contribution < -0.4 is 0 Å². The van der Waals surface area contributed by atoms with Gasteiger partial charge in [-0.3, -0.25) is 4.68 Å². The third-order valence-electron chi connectivity index (χ3n) is 4.56. The van der Waals surface area contributed by atoms with Gasteiger partial charge in [0, 0.05) is 11.3 Å². The molecule has 0 saturated heterocycles. The Morgan fingerprint density at radius 2 is 1.83 bits per heavy atom. The van der Waals surface area contributed by atoms with Crippen molar-refractivity contribution >= 4 is 11.5 Å². The molecule has 3 aromatic heterocycles. The van der Waals surface area contributed by atoms with Crippen molar-refractivity contribution in [1.29, 1.82) is 0 Å². The van der Waals surface area contributed by atoms with E-state index < -0.39 is 17.7 Å². The molecule has 29 heavy (non-hydrogen) atoms. The van der Waals surface area contributed by atoms with E-state index in [9.17, 15) is 18.0 Å². The van der Waals surface area contributed by atoms with Crippen molar-refractivity contribution in [3.8, 4) is 11.3 Å². The normalized spacial score (nSPS) is 11.9. The van der Waals surface area contributed by atoms with E-state index in [-0.39, 0.29) is 12.2 Å². The van der Waals surface area contributed by atoms with E-state index in [0.717, 1.165) is 12.1 Å². The van der Waals surface area contributed by atoms with Gasteiger partial charge in [-0.1, -0.05) is 18.2 Å². The topological polar surface area (TPSA) is 72.4 Å². The Balaban J connectivity index is 1.74. The molecule has 1 N–H and O–H groups in total. The molecular formula is C20H15F3N4O2. The summed E-state index contributed by atoms with van der Waals surface area (Å²) in [4.78, 5) is 11.1. The number of rotatable bonds is 4. The van der Waals surface area contributed by atoms with Crippen LogP contribution in [-0.2, 0) is 12.7 Å². The summed E-state index contributed by atoms with van der Waals surface area (Å²) in [5.41, 5.74) is 2.07. The first-order valence-electron chi connectivity index (χ1n) is 8.65. The van der Waals surface area contributed by atoms with Crippen LogP contribution in [-0.4, -0.2) is 30.5 Å². The Hall–Kier alpha value is -3.62. The molecule has 4 aromatic rings. The van der Waals surface area contributed by atoms with E-state index in [0.29, 0.717) is 28.2 Å². The number of pyridine rings is 1. The predicted octanol–water partition coefficient (Wildman–Crippen LogP) is 4.27. The van der Waals surface area contributed by atoms with Crippen molar-refractivity contribution in [2.75, 3.05) is 0 Å². The van der Waals surface area contributed by atoms with Crippen molar-refractivity contribution in [3.05, 3.63) is 77.2 Å². The molecule has 0 aliphatic carbocycles.